The van der Waals surface area contributed by atoms with Crippen molar-refractivity contribution in [1.29, 1.82) is 0 Å². The van der Waals surface area contributed by atoms with Gasteiger partial charge in [-0.2, -0.15) is 0 Å². The van der Waals surface area contributed by atoms with Crippen molar-refractivity contribution >= 4 is 5.82 Å². The molecule has 0 atom stereocenters. The third kappa shape index (κ3) is 3.83. The van der Waals surface area contributed by atoms with Crippen LogP contribution in [0.5, 0.6) is 0 Å². The van der Waals surface area contributed by atoms with Crippen LogP contribution in [0.1, 0.15) is 5.56 Å². The molecule has 5 heteroatoms. The number of rotatable bonds is 4. The van der Waals surface area contributed by atoms with Crippen molar-refractivity contribution in [3.63, 3.8) is 0 Å². The van der Waals surface area contributed by atoms with Crippen molar-refractivity contribution < 1.29 is 0 Å². The minimum absolute atomic E-state index is 0.977. The van der Waals surface area contributed by atoms with Crippen molar-refractivity contribution in [3.05, 3.63) is 72.8 Å². The molecule has 0 amide bonds. The molecule has 3 heterocycles. The Morgan fingerprint density at radius 1 is 0.840 bits per heavy atom. The molecular weight excluding hydrogens is 310 g/mol. The molecule has 3 aromatic rings. The van der Waals surface area contributed by atoms with Gasteiger partial charge in [0.05, 0.1) is 5.69 Å². The summed E-state index contributed by atoms with van der Waals surface area (Å²) in [6.07, 6.45) is 5.39. The maximum Gasteiger partial charge on any atom is 0.132 e. The molecule has 0 radical (unpaired) electrons. The Morgan fingerprint density at radius 2 is 1.60 bits per heavy atom. The molecule has 0 aliphatic carbocycles. The van der Waals surface area contributed by atoms with Gasteiger partial charge in [-0.25, -0.2) is 9.97 Å². The number of nitrogens with zero attached hydrogens (tertiary/aromatic N) is 5. The zero-order chi connectivity index (χ0) is 16.9. The SMILES string of the molecule is c1ccc(-c2cc(N3CCN(Cc4ccncc4)CC3)ncn2)cc1. The Bertz CT molecular complexity index is 799. The van der Waals surface area contributed by atoms with Crippen molar-refractivity contribution in [3.8, 4) is 11.3 Å². The lowest BCUT2D eigenvalue weighted by atomic mass is 10.1. The Morgan fingerprint density at radius 3 is 2.36 bits per heavy atom. The highest BCUT2D eigenvalue weighted by Crippen LogP contribution is 2.21. The molecule has 2 aromatic heterocycles. The van der Waals surface area contributed by atoms with Crippen LogP contribution in [0, 0.1) is 0 Å². The molecular formula is C20H21N5. The van der Waals surface area contributed by atoms with Gasteiger partial charge in [0.2, 0.25) is 0 Å². The number of hydrogen-bond donors (Lipinski definition) is 0. The predicted molar refractivity (Wildman–Crippen MR) is 99.2 cm³/mol. The summed E-state index contributed by atoms with van der Waals surface area (Å²) >= 11 is 0. The molecule has 25 heavy (non-hydrogen) atoms. The molecule has 0 N–H and O–H groups in total. The third-order valence-corrected chi connectivity index (χ3v) is 4.57. The highest BCUT2D eigenvalue weighted by Gasteiger charge is 2.18. The van der Waals surface area contributed by atoms with E-state index < -0.39 is 0 Å². The summed E-state index contributed by atoms with van der Waals surface area (Å²) in [4.78, 5) is 17.8. The van der Waals surface area contributed by atoms with Crippen molar-refractivity contribution in [2.75, 3.05) is 31.1 Å². The maximum atomic E-state index is 4.49. The molecule has 1 aliphatic rings. The second kappa shape index (κ2) is 7.40. The number of pyridine rings is 1. The molecule has 1 saturated heterocycles. The van der Waals surface area contributed by atoms with Crippen LogP contribution in [-0.4, -0.2) is 46.0 Å². The molecule has 0 saturated carbocycles. The van der Waals surface area contributed by atoms with E-state index in [1.54, 1.807) is 6.33 Å². The van der Waals surface area contributed by atoms with E-state index in [-0.39, 0.29) is 0 Å². The van der Waals surface area contributed by atoms with Gasteiger partial charge in [-0.1, -0.05) is 30.3 Å². The van der Waals surface area contributed by atoms with Gasteiger partial charge in [-0.3, -0.25) is 9.88 Å². The summed E-state index contributed by atoms with van der Waals surface area (Å²) in [6.45, 7) is 5.02. The topological polar surface area (TPSA) is 45.2 Å². The summed E-state index contributed by atoms with van der Waals surface area (Å²) in [5.74, 6) is 1.01. The lowest BCUT2D eigenvalue weighted by molar-refractivity contribution is 0.249. The highest BCUT2D eigenvalue weighted by atomic mass is 15.3. The molecule has 4 rings (SSSR count). The molecule has 0 bridgehead atoms. The zero-order valence-corrected chi connectivity index (χ0v) is 14.1. The highest BCUT2D eigenvalue weighted by molar-refractivity contribution is 5.62. The molecule has 1 fully saturated rings. The number of aromatic nitrogens is 3. The van der Waals surface area contributed by atoms with Crippen molar-refractivity contribution in [2.24, 2.45) is 0 Å². The van der Waals surface area contributed by atoms with Gasteiger partial charge in [0.15, 0.2) is 0 Å². The second-order valence-electron chi connectivity index (χ2n) is 6.25. The number of piperazine rings is 1. The van der Waals surface area contributed by atoms with Crippen LogP contribution >= 0.6 is 0 Å². The van der Waals surface area contributed by atoms with Crippen LogP contribution in [0.2, 0.25) is 0 Å². The second-order valence-corrected chi connectivity index (χ2v) is 6.25. The minimum atomic E-state index is 0.977. The van der Waals surface area contributed by atoms with E-state index in [2.05, 4.69) is 55.1 Å². The van der Waals surface area contributed by atoms with E-state index in [1.165, 1.54) is 5.56 Å². The molecule has 126 valence electrons. The monoisotopic (exact) mass is 331 g/mol. The summed E-state index contributed by atoms with van der Waals surface area (Å²) in [7, 11) is 0. The predicted octanol–water partition coefficient (Wildman–Crippen LogP) is 2.86. The van der Waals surface area contributed by atoms with Crippen LogP contribution in [0.4, 0.5) is 5.82 Å². The molecule has 1 aliphatic heterocycles. The van der Waals surface area contributed by atoms with Crippen LogP contribution < -0.4 is 4.90 Å². The minimum Gasteiger partial charge on any atom is -0.354 e. The molecule has 1 aromatic carbocycles. The van der Waals surface area contributed by atoms with E-state index in [9.17, 15) is 0 Å². The van der Waals surface area contributed by atoms with E-state index in [0.29, 0.717) is 0 Å². The summed E-state index contributed by atoms with van der Waals surface area (Å²) < 4.78 is 0. The van der Waals surface area contributed by atoms with Gasteiger partial charge in [0.1, 0.15) is 12.1 Å². The van der Waals surface area contributed by atoms with Crippen LogP contribution in [0.3, 0.4) is 0 Å². The van der Waals surface area contributed by atoms with Gasteiger partial charge in [-0.15, -0.1) is 0 Å². The fourth-order valence-electron chi connectivity index (χ4n) is 3.17. The lowest BCUT2D eigenvalue weighted by Gasteiger charge is -2.35. The molecule has 5 nitrogen and oxygen atoms in total. The molecule has 0 spiro atoms. The third-order valence-electron chi connectivity index (χ3n) is 4.57. The van der Waals surface area contributed by atoms with E-state index >= 15 is 0 Å². The number of benzene rings is 1. The largest absolute Gasteiger partial charge is 0.354 e. The van der Waals surface area contributed by atoms with Crippen molar-refractivity contribution in [2.45, 2.75) is 6.54 Å². The van der Waals surface area contributed by atoms with Gasteiger partial charge in [0.25, 0.3) is 0 Å². The first kappa shape index (κ1) is 15.7. The maximum absolute atomic E-state index is 4.49. The first-order valence-electron chi connectivity index (χ1n) is 8.62. The number of anilines is 1. The van der Waals surface area contributed by atoms with Crippen LogP contribution in [0.25, 0.3) is 11.3 Å². The van der Waals surface area contributed by atoms with Gasteiger partial charge in [0, 0.05) is 56.7 Å². The smallest absolute Gasteiger partial charge is 0.132 e. The van der Waals surface area contributed by atoms with Gasteiger partial charge < -0.3 is 4.90 Å². The Hall–Kier alpha value is -2.79. The Balaban J connectivity index is 1.41. The first-order valence-corrected chi connectivity index (χ1v) is 8.62. The van der Waals surface area contributed by atoms with E-state index in [1.807, 2.05) is 30.6 Å². The Kier molecular flexibility index (Phi) is 4.65. The van der Waals surface area contributed by atoms with Crippen molar-refractivity contribution in [1.82, 2.24) is 19.9 Å². The van der Waals surface area contributed by atoms with E-state index in [0.717, 1.165) is 49.8 Å². The normalized spacial score (nSPS) is 15.3. The summed E-state index contributed by atoms with van der Waals surface area (Å²) in [5, 5.41) is 0. The standard InChI is InChI=1S/C20H21N5/c1-2-4-18(5-3-1)19-14-20(23-16-22-19)25-12-10-24(11-13-25)15-17-6-8-21-9-7-17/h1-9,14,16H,10-13,15H2. The lowest BCUT2D eigenvalue weighted by Crippen LogP contribution is -2.46. The summed E-state index contributed by atoms with van der Waals surface area (Å²) in [6, 6.07) is 16.5. The average Bonchev–Trinajstić information content (AvgIpc) is 2.70. The van der Waals surface area contributed by atoms with Gasteiger partial charge in [-0.05, 0) is 17.7 Å². The van der Waals surface area contributed by atoms with Crippen LogP contribution in [0.15, 0.2) is 67.3 Å². The Labute approximate surface area is 148 Å². The first-order chi connectivity index (χ1) is 12.4. The van der Waals surface area contributed by atoms with Crippen LogP contribution in [-0.2, 0) is 6.54 Å². The summed E-state index contributed by atoms with van der Waals surface area (Å²) in [5.41, 5.74) is 3.42. The quantitative estimate of drug-likeness (QED) is 0.735. The van der Waals surface area contributed by atoms with Gasteiger partial charge >= 0.3 is 0 Å². The number of hydrogen-bond acceptors (Lipinski definition) is 5. The fraction of sp³-hybridized carbons (Fsp3) is 0.250. The zero-order valence-electron chi connectivity index (χ0n) is 14.1. The molecule has 0 unspecified atom stereocenters. The van der Waals surface area contributed by atoms with E-state index in [4.69, 9.17) is 0 Å². The average molecular weight is 331 g/mol. The fourth-order valence-corrected chi connectivity index (χ4v) is 3.17.